The first-order chi connectivity index (χ1) is 10.1. The van der Waals surface area contributed by atoms with Gasteiger partial charge in [-0.3, -0.25) is 14.5 Å². The number of aliphatic imine (C=N–C) groups is 1. The number of fused-ring (bicyclic) bond motifs is 2. The van der Waals surface area contributed by atoms with E-state index in [-0.39, 0.29) is 17.0 Å². The van der Waals surface area contributed by atoms with Crippen LogP contribution in [0.25, 0.3) is 0 Å². The second-order valence-corrected chi connectivity index (χ2v) is 5.85. The van der Waals surface area contributed by atoms with Crippen LogP contribution < -0.4 is 0 Å². The lowest BCUT2D eigenvalue weighted by Gasteiger charge is -2.37. The van der Waals surface area contributed by atoms with Gasteiger partial charge in [-0.2, -0.15) is 0 Å². The van der Waals surface area contributed by atoms with Gasteiger partial charge in [0.15, 0.2) is 0 Å². The fourth-order valence-corrected chi connectivity index (χ4v) is 3.72. The first-order valence-electron chi connectivity index (χ1n) is 6.47. The van der Waals surface area contributed by atoms with Gasteiger partial charge in [0.25, 0.3) is 5.91 Å². The summed E-state index contributed by atoms with van der Waals surface area (Å²) in [5.74, 6) is -0.562. The molecule has 21 heavy (non-hydrogen) atoms. The van der Waals surface area contributed by atoms with E-state index in [1.54, 1.807) is 11.1 Å². The highest BCUT2D eigenvalue weighted by molar-refractivity contribution is 8.03. The molecule has 1 unspecified atom stereocenters. The number of amides is 1. The summed E-state index contributed by atoms with van der Waals surface area (Å²) in [5, 5.41) is 12.0. The van der Waals surface area contributed by atoms with Crippen LogP contribution in [-0.4, -0.2) is 51.2 Å². The molecule has 0 aromatic rings. The number of hydrogen-bond donors (Lipinski definition) is 1. The molecular weight excluding hydrogens is 294 g/mol. The maximum Gasteiger partial charge on any atom is 0.353 e. The summed E-state index contributed by atoms with van der Waals surface area (Å²) in [6.45, 7) is 1.15. The number of hydrogen-bond acceptors (Lipinski definition) is 6. The van der Waals surface area contributed by atoms with E-state index in [1.165, 1.54) is 22.1 Å². The smallest absolute Gasteiger partial charge is 0.353 e. The normalized spacial score (nSPS) is 28.8. The maximum absolute atomic E-state index is 12.1. The first kappa shape index (κ1) is 12.7. The second-order valence-electron chi connectivity index (χ2n) is 4.90. The Morgan fingerprint density at radius 3 is 3.19 bits per heavy atom. The predicted molar refractivity (Wildman–Crippen MR) is 74.8 cm³/mol. The van der Waals surface area contributed by atoms with Crippen molar-refractivity contribution in [3.8, 4) is 0 Å². The fourth-order valence-electron chi connectivity index (χ4n) is 2.60. The van der Waals surface area contributed by atoms with Crippen LogP contribution in [0.5, 0.6) is 0 Å². The van der Waals surface area contributed by atoms with Gasteiger partial charge in [-0.1, -0.05) is 0 Å². The number of carboxylic acids is 1. The third-order valence-corrected chi connectivity index (χ3v) is 4.67. The van der Waals surface area contributed by atoms with Gasteiger partial charge in [-0.15, -0.1) is 11.8 Å². The van der Waals surface area contributed by atoms with Crippen molar-refractivity contribution in [1.29, 1.82) is 0 Å². The lowest BCUT2D eigenvalue weighted by Crippen LogP contribution is -2.51. The molecule has 0 spiro atoms. The average molecular weight is 305 g/mol. The van der Waals surface area contributed by atoms with E-state index in [2.05, 4.69) is 4.99 Å². The van der Waals surface area contributed by atoms with Gasteiger partial charge >= 0.3 is 5.97 Å². The molecule has 0 aliphatic carbocycles. The Kier molecular flexibility index (Phi) is 2.69. The van der Waals surface area contributed by atoms with Gasteiger partial charge in [0.1, 0.15) is 16.9 Å². The quantitative estimate of drug-likeness (QED) is 0.597. The van der Waals surface area contributed by atoms with E-state index in [0.717, 1.165) is 18.0 Å². The number of aliphatic carboxylic acids is 1. The van der Waals surface area contributed by atoms with Crippen LogP contribution in [0.1, 0.15) is 6.42 Å². The van der Waals surface area contributed by atoms with Crippen molar-refractivity contribution >= 4 is 29.4 Å². The van der Waals surface area contributed by atoms with Crippen LogP contribution in [0.15, 0.2) is 39.6 Å². The Hall–Kier alpha value is -2.06. The second kappa shape index (κ2) is 4.47. The topological polar surface area (TPSA) is 82.4 Å². The summed E-state index contributed by atoms with van der Waals surface area (Å²) in [7, 11) is 0. The fraction of sp³-hybridized carbons (Fsp3) is 0.308. The number of β-lactam (4-membered cyclic amide) rings is 1. The summed E-state index contributed by atoms with van der Waals surface area (Å²) >= 11 is 1.33. The Balaban J connectivity index is 1.55. The average Bonchev–Trinajstić information content (AvgIpc) is 3.05. The van der Waals surface area contributed by atoms with Crippen molar-refractivity contribution in [3.05, 3.63) is 34.7 Å². The number of carboxylic acid groups (broad SMARTS) is 1. The molecule has 4 aliphatic rings. The minimum atomic E-state index is -1.08. The summed E-state index contributed by atoms with van der Waals surface area (Å²) in [5.41, 5.74) is 1.39. The van der Waals surface area contributed by atoms with Crippen molar-refractivity contribution in [2.75, 3.05) is 13.2 Å². The number of thioether (sulfide) groups is 1. The molecule has 1 atom stereocenters. The molecule has 4 rings (SSSR count). The van der Waals surface area contributed by atoms with Gasteiger partial charge in [-0.25, -0.2) is 14.9 Å². The van der Waals surface area contributed by atoms with Gasteiger partial charge in [0.2, 0.25) is 0 Å². The SMILES string of the molecule is O=C(O)C1=CSC2/C(=C/C3=NC4=CCCON4C3)C(=O)N12. The van der Waals surface area contributed by atoms with Crippen molar-refractivity contribution in [2.24, 2.45) is 4.99 Å². The number of rotatable bonds is 2. The zero-order chi connectivity index (χ0) is 14.6. The highest BCUT2D eigenvalue weighted by Gasteiger charge is 2.49. The first-order valence-corrected chi connectivity index (χ1v) is 7.41. The van der Waals surface area contributed by atoms with Crippen molar-refractivity contribution in [3.63, 3.8) is 0 Å². The third kappa shape index (κ3) is 1.83. The number of nitrogens with zero attached hydrogens (tertiary/aromatic N) is 3. The summed E-state index contributed by atoms with van der Waals surface area (Å²) in [6, 6.07) is 0. The lowest BCUT2D eigenvalue weighted by molar-refractivity contribution is -0.141. The largest absolute Gasteiger partial charge is 0.477 e. The van der Waals surface area contributed by atoms with Gasteiger partial charge < -0.3 is 5.11 Å². The molecule has 1 saturated heterocycles. The van der Waals surface area contributed by atoms with Gasteiger partial charge in [0.05, 0.1) is 24.4 Å². The lowest BCUT2D eigenvalue weighted by atomic mass is 10.0. The Morgan fingerprint density at radius 1 is 1.57 bits per heavy atom. The standard InChI is InChI=1S/C13H11N3O4S/c17-11-8(12-16(11)9(6-21-12)13(18)19)4-7-5-15-10(14-7)2-1-3-20-15/h2,4,6,12H,1,3,5H2,(H,18,19)/b8-4+. The minimum Gasteiger partial charge on any atom is -0.477 e. The zero-order valence-corrected chi connectivity index (χ0v) is 11.7. The van der Waals surface area contributed by atoms with Crippen LogP contribution in [0.4, 0.5) is 0 Å². The van der Waals surface area contributed by atoms with Crippen molar-refractivity contribution in [1.82, 2.24) is 9.96 Å². The molecule has 0 bridgehead atoms. The number of carbonyl (C=O) groups excluding carboxylic acids is 1. The molecule has 4 heterocycles. The minimum absolute atomic E-state index is 0.0453. The maximum atomic E-state index is 12.1. The van der Waals surface area contributed by atoms with Crippen molar-refractivity contribution in [2.45, 2.75) is 11.8 Å². The monoisotopic (exact) mass is 305 g/mol. The summed E-state index contributed by atoms with van der Waals surface area (Å²) in [6.07, 6.45) is 4.58. The molecule has 1 fully saturated rings. The van der Waals surface area contributed by atoms with Crippen LogP contribution in [0, 0.1) is 0 Å². The van der Waals surface area contributed by atoms with E-state index in [0.29, 0.717) is 18.7 Å². The molecule has 0 radical (unpaired) electrons. The molecule has 0 aromatic heterocycles. The molecule has 7 nitrogen and oxygen atoms in total. The summed E-state index contributed by atoms with van der Waals surface area (Å²) in [4.78, 5) is 34.3. The van der Waals surface area contributed by atoms with Crippen LogP contribution in [-0.2, 0) is 14.4 Å². The van der Waals surface area contributed by atoms with Crippen LogP contribution in [0.3, 0.4) is 0 Å². The van der Waals surface area contributed by atoms with E-state index in [9.17, 15) is 9.59 Å². The molecule has 1 N–H and O–H groups in total. The molecule has 0 saturated carbocycles. The van der Waals surface area contributed by atoms with Crippen LogP contribution >= 0.6 is 11.8 Å². The van der Waals surface area contributed by atoms with Crippen LogP contribution in [0.2, 0.25) is 0 Å². The highest BCUT2D eigenvalue weighted by atomic mass is 32.2. The van der Waals surface area contributed by atoms with E-state index < -0.39 is 5.97 Å². The van der Waals surface area contributed by atoms with Gasteiger partial charge in [-0.05, 0) is 18.6 Å². The molecular formula is C13H11N3O4S. The molecule has 108 valence electrons. The predicted octanol–water partition coefficient (Wildman–Crippen LogP) is 0.687. The Morgan fingerprint density at radius 2 is 2.43 bits per heavy atom. The molecule has 8 heteroatoms. The van der Waals surface area contributed by atoms with E-state index >= 15 is 0 Å². The molecule has 4 aliphatic heterocycles. The number of hydroxylamine groups is 2. The Labute approximate surface area is 124 Å². The summed E-state index contributed by atoms with van der Waals surface area (Å²) < 4.78 is 0. The molecule has 0 aromatic carbocycles. The zero-order valence-electron chi connectivity index (χ0n) is 10.9. The van der Waals surface area contributed by atoms with E-state index in [4.69, 9.17) is 9.94 Å². The van der Waals surface area contributed by atoms with Crippen molar-refractivity contribution < 1.29 is 19.5 Å². The van der Waals surface area contributed by atoms with E-state index in [1.807, 2.05) is 6.08 Å². The number of carbonyl (C=O) groups is 2. The van der Waals surface area contributed by atoms with Gasteiger partial charge in [0, 0.05) is 5.41 Å². The Bertz CT molecular complexity index is 679. The highest BCUT2D eigenvalue weighted by Crippen LogP contribution is 2.44. The third-order valence-electron chi connectivity index (χ3n) is 3.59. The molecule has 1 amide bonds.